The number of hydrogen-bond donors (Lipinski definition) is 1. The van der Waals surface area contributed by atoms with Gasteiger partial charge in [0.2, 0.25) is 0 Å². The third kappa shape index (κ3) is 5.12. The van der Waals surface area contributed by atoms with Crippen molar-refractivity contribution in [2.45, 2.75) is 6.61 Å². The molecule has 1 aromatic heterocycles. The fourth-order valence-electron chi connectivity index (χ4n) is 2.04. The molecule has 3 aromatic rings. The average molecular weight is 367 g/mol. The number of halogens is 1. The summed E-state index contributed by atoms with van der Waals surface area (Å²) >= 11 is 5.86. The van der Waals surface area contributed by atoms with Crippen molar-refractivity contribution >= 4 is 23.7 Å². The van der Waals surface area contributed by atoms with E-state index in [1.807, 2.05) is 48.5 Å². The van der Waals surface area contributed by atoms with E-state index in [0.29, 0.717) is 11.6 Å². The summed E-state index contributed by atoms with van der Waals surface area (Å²) < 4.78 is 5.71. The highest BCUT2D eigenvalue weighted by molar-refractivity contribution is 6.30. The number of aromatic nitrogens is 2. The molecule has 0 fully saturated rings. The van der Waals surface area contributed by atoms with Gasteiger partial charge in [-0.2, -0.15) is 5.10 Å². The van der Waals surface area contributed by atoms with E-state index in [9.17, 15) is 4.79 Å². The molecule has 1 amide bonds. The normalized spacial score (nSPS) is 10.7. The van der Waals surface area contributed by atoms with Crippen molar-refractivity contribution in [3.63, 3.8) is 0 Å². The molecule has 0 bridgehead atoms. The molecule has 1 N–H and O–H groups in total. The van der Waals surface area contributed by atoms with Crippen molar-refractivity contribution < 1.29 is 9.53 Å². The third-order valence-electron chi connectivity index (χ3n) is 3.37. The summed E-state index contributed by atoms with van der Waals surface area (Å²) in [4.78, 5) is 19.5. The second kappa shape index (κ2) is 8.73. The van der Waals surface area contributed by atoms with Gasteiger partial charge in [0.05, 0.1) is 12.4 Å². The minimum Gasteiger partial charge on any atom is -0.489 e. The van der Waals surface area contributed by atoms with E-state index < -0.39 is 5.91 Å². The first-order valence-corrected chi connectivity index (χ1v) is 8.15. The summed E-state index contributed by atoms with van der Waals surface area (Å²) in [6.45, 7) is 0.457. The Bertz CT molecular complexity index is 882. The first-order chi connectivity index (χ1) is 12.7. The van der Waals surface area contributed by atoms with E-state index in [1.54, 1.807) is 0 Å². The van der Waals surface area contributed by atoms with Crippen LogP contribution < -0.4 is 10.2 Å². The molecule has 0 saturated heterocycles. The lowest BCUT2D eigenvalue weighted by molar-refractivity contribution is 0.0949. The Labute approximate surface area is 155 Å². The standard InChI is InChI=1S/C19H15ClN4O2/c20-16-5-1-15(2-6-16)13-26-17-7-3-14(4-8-17)11-23-24-19(25)18-12-21-9-10-22-18/h1-12H,13H2,(H,24,25). The molecule has 0 radical (unpaired) electrons. The van der Waals surface area contributed by atoms with Crippen LogP contribution in [0.25, 0.3) is 0 Å². The molecule has 0 spiro atoms. The monoisotopic (exact) mass is 366 g/mol. The Morgan fingerprint density at radius 1 is 1.12 bits per heavy atom. The molecule has 130 valence electrons. The molecule has 26 heavy (non-hydrogen) atoms. The summed E-state index contributed by atoms with van der Waals surface area (Å²) in [7, 11) is 0. The van der Waals surface area contributed by atoms with E-state index in [2.05, 4.69) is 20.5 Å². The topological polar surface area (TPSA) is 76.5 Å². The number of carbonyl (C=O) groups is 1. The highest BCUT2D eigenvalue weighted by Gasteiger charge is 2.04. The quantitative estimate of drug-likeness (QED) is 0.535. The zero-order valence-corrected chi connectivity index (χ0v) is 14.4. The van der Waals surface area contributed by atoms with Crippen molar-refractivity contribution in [1.29, 1.82) is 0 Å². The SMILES string of the molecule is O=C(NN=Cc1ccc(OCc2ccc(Cl)cc2)cc1)c1cnccn1. The molecule has 0 aliphatic rings. The van der Waals surface area contributed by atoms with Gasteiger partial charge in [-0.1, -0.05) is 23.7 Å². The smallest absolute Gasteiger partial charge is 0.291 e. The number of hydrogen-bond acceptors (Lipinski definition) is 5. The van der Waals surface area contributed by atoms with Crippen LogP contribution in [-0.4, -0.2) is 22.1 Å². The summed E-state index contributed by atoms with van der Waals surface area (Å²) in [5, 5.41) is 4.60. The number of amides is 1. The van der Waals surface area contributed by atoms with Gasteiger partial charge < -0.3 is 4.74 Å². The Hall–Kier alpha value is -3.25. The van der Waals surface area contributed by atoms with Crippen LogP contribution in [0.15, 0.2) is 72.2 Å². The van der Waals surface area contributed by atoms with E-state index in [1.165, 1.54) is 24.8 Å². The predicted molar refractivity (Wildman–Crippen MR) is 99.3 cm³/mol. The maximum absolute atomic E-state index is 11.8. The van der Waals surface area contributed by atoms with E-state index in [0.717, 1.165) is 16.9 Å². The van der Waals surface area contributed by atoms with Gasteiger partial charge in [0.25, 0.3) is 5.91 Å². The van der Waals surface area contributed by atoms with Crippen molar-refractivity contribution in [2.24, 2.45) is 5.10 Å². The third-order valence-corrected chi connectivity index (χ3v) is 3.63. The zero-order valence-electron chi connectivity index (χ0n) is 13.7. The fraction of sp³-hybridized carbons (Fsp3) is 0.0526. The maximum Gasteiger partial charge on any atom is 0.291 e. The predicted octanol–water partition coefficient (Wildman–Crippen LogP) is 3.47. The Kier molecular flexibility index (Phi) is 5.90. The molecule has 7 heteroatoms. The van der Waals surface area contributed by atoms with Crippen LogP contribution in [0.5, 0.6) is 5.75 Å². The molecule has 2 aromatic carbocycles. The summed E-state index contributed by atoms with van der Waals surface area (Å²) in [6, 6.07) is 14.9. The summed E-state index contributed by atoms with van der Waals surface area (Å²) in [5.41, 5.74) is 4.46. The van der Waals surface area contributed by atoms with Crippen LogP contribution >= 0.6 is 11.6 Å². The van der Waals surface area contributed by atoms with Crippen molar-refractivity contribution in [2.75, 3.05) is 0 Å². The van der Waals surface area contributed by atoms with Gasteiger partial charge in [0, 0.05) is 17.4 Å². The lowest BCUT2D eigenvalue weighted by Crippen LogP contribution is -2.19. The Morgan fingerprint density at radius 2 is 1.88 bits per heavy atom. The van der Waals surface area contributed by atoms with E-state index in [-0.39, 0.29) is 5.69 Å². The fourth-order valence-corrected chi connectivity index (χ4v) is 2.16. The molecular weight excluding hydrogens is 352 g/mol. The minimum atomic E-state index is -0.419. The Balaban J connectivity index is 1.51. The highest BCUT2D eigenvalue weighted by Crippen LogP contribution is 2.15. The number of rotatable bonds is 6. The first kappa shape index (κ1) is 17.6. The molecule has 3 rings (SSSR count). The molecule has 6 nitrogen and oxygen atoms in total. The summed E-state index contributed by atoms with van der Waals surface area (Å²) in [5.74, 6) is 0.318. The molecular formula is C19H15ClN4O2. The van der Waals surface area contributed by atoms with Crippen LogP contribution in [0.3, 0.4) is 0 Å². The van der Waals surface area contributed by atoms with Gasteiger partial charge >= 0.3 is 0 Å². The van der Waals surface area contributed by atoms with Crippen molar-refractivity contribution in [3.05, 3.63) is 89.0 Å². The highest BCUT2D eigenvalue weighted by atomic mass is 35.5. The lowest BCUT2D eigenvalue weighted by atomic mass is 10.2. The number of benzene rings is 2. The van der Waals surface area contributed by atoms with Gasteiger partial charge in [-0.15, -0.1) is 0 Å². The lowest BCUT2D eigenvalue weighted by Gasteiger charge is -2.06. The first-order valence-electron chi connectivity index (χ1n) is 7.77. The Morgan fingerprint density at radius 3 is 2.58 bits per heavy atom. The number of carbonyl (C=O) groups excluding carboxylic acids is 1. The minimum absolute atomic E-state index is 0.204. The molecule has 0 aliphatic heterocycles. The zero-order chi connectivity index (χ0) is 18.2. The van der Waals surface area contributed by atoms with Gasteiger partial charge in [-0.05, 0) is 47.5 Å². The van der Waals surface area contributed by atoms with Gasteiger partial charge in [0.1, 0.15) is 18.1 Å². The van der Waals surface area contributed by atoms with E-state index in [4.69, 9.17) is 16.3 Å². The van der Waals surface area contributed by atoms with Crippen LogP contribution in [0, 0.1) is 0 Å². The summed E-state index contributed by atoms with van der Waals surface area (Å²) in [6.07, 6.45) is 5.85. The average Bonchev–Trinajstić information content (AvgIpc) is 2.69. The van der Waals surface area contributed by atoms with Gasteiger partial charge in [-0.3, -0.25) is 9.78 Å². The number of nitrogens with zero attached hydrogens (tertiary/aromatic N) is 3. The number of nitrogens with one attached hydrogen (secondary N) is 1. The van der Waals surface area contributed by atoms with E-state index >= 15 is 0 Å². The molecule has 0 unspecified atom stereocenters. The molecule has 0 atom stereocenters. The largest absolute Gasteiger partial charge is 0.489 e. The van der Waals surface area contributed by atoms with Gasteiger partial charge in [0.15, 0.2) is 0 Å². The second-order valence-corrected chi connectivity index (χ2v) is 5.71. The molecule has 1 heterocycles. The maximum atomic E-state index is 11.8. The number of hydrazone groups is 1. The van der Waals surface area contributed by atoms with Crippen LogP contribution in [-0.2, 0) is 6.61 Å². The van der Waals surface area contributed by atoms with Crippen LogP contribution in [0.4, 0.5) is 0 Å². The van der Waals surface area contributed by atoms with Crippen LogP contribution in [0.1, 0.15) is 21.6 Å². The number of ether oxygens (including phenoxy) is 1. The second-order valence-electron chi connectivity index (χ2n) is 5.27. The van der Waals surface area contributed by atoms with Crippen molar-refractivity contribution in [3.8, 4) is 5.75 Å². The van der Waals surface area contributed by atoms with Gasteiger partial charge in [-0.25, -0.2) is 10.4 Å². The molecule has 0 aliphatic carbocycles. The van der Waals surface area contributed by atoms with Crippen molar-refractivity contribution in [1.82, 2.24) is 15.4 Å². The molecule has 0 saturated carbocycles. The van der Waals surface area contributed by atoms with Crippen LogP contribution in [0.2, 0.25) is 5.02 Å².